The molecule has 1 N–H and O–H groups in total. The Morgan fingerprint density at radius 2 is 2.20 bits per heavy atom. The third kappa shape index (κ3) is 3.26. The van der Waals surface area contributed by atoms with Crippen molar-refractivity contribution < 1.29 is 9.53 Å². The van der Waals surface area contributed by atoms with Crippen LogP contribution >= 0.6 is 0 Å². The normalized spacial score (nSPS) is 23.2. The second-order valence-electron chi connectivity index (χ2n) is 6.91. The molecule has 132 valence electrons. The lowest BCUT2D eigenvalue weighted by Crippen LogP contribution is -2.30. The first kappa shape index (κ1) is 16.1. The van der Waals surface area contributed by atoms with Crippen LogP contribution in [0.1, 0.15) is 46.7 Å². The van der Waals surface area contributed by atoms with E-state index in [1.54, 1.807) is 19.4 Å². The van der Waals surface area contributed by atoms with Crippen LogP contribution in [0.4, 0.5) is 0 Å². The molecule has 25 heavy (non-hydrogen) atoms. The first-order valence-corrected chi connectivity index (χ1v) is 8.64. The van der Waals surface area contributed by atoms with Crippen LogP contribution in [0.25, 0.3) is 0 Å². The molecular weight excluding hydrogens is 320 g/mol. The molecule has 1 saturated carbocycles. The summed E-state index contributed by atoms with van der Waals surface area (Å²) >= 11 is 0. The van der Waals surface area contributed by atoms with Gasteiger partial charge in [-0.3, -0.25) is 9.89 Å². The summed E-state index contributed by atoms with van der Waals surface area (Å²) in [6.07, 6.45) is 4.08. The quantitative estimate of drug-likeness (QED) is 0.880. The summed E-state index contributed by atoms with van der Waals surface area (Å²) in [6, 6.07) is 1.79. The van der Waals surface area contributed by atoms with E-state index in [2.05, 4.69) is 25.1 Å². The van der Waals surface area contributed by atoms with Crippen molar-refractivity contribution in [2.24, 2.45) is 11.8 Å². The van der Waals surface area contributed by atoms with Gasteiger partial charge in [-0.1, -0.05) is 0 Å². The van der Waals surface area contributed by atoms with E-state index in [0.717, 1.165) is 23.9 Å². The molecule has 4 rings (SSSR count). The van der Waals surface area contributed by atoms with E-state index in [9.17, 15) is 4.79 Å². The molecule has 2 atom stereocenters. The van der Waals surface area contributed by atoms with Crippen LogP contribution in [0.3, 0.4) is 0 Å². The van der Waals surface area contributed by atoms with Gasteiger partial charge >= 0.3 is 0 Å². The lowest BCUT2D eigenvalue weighted by molar-refractivity contribution is 0.0772. The molecule has 0 unspecified atom stereocenters. The summed E-state index contributed by atoms with van der Waals surface area (Å²) in [7, 11) is 1.63. The molecular formula is C17H22N6O2. The van der Waals surface area contributed by atoms with Gasteiger partial charge < -0.3 is 9.64 Å². The fraction of sp³-hybridized carbons (Fsp3) is 0.588. The molecule has 8 nitrogen and oxygen atoms in total. The molecule has 0 radical (unpaired) electrons. The largest absolute Gasteiger partial charge is 0.377 e. The Balaban J connectivity index is 1.55. The molecule has 2 aromatic heterocycles. The van der Waals surface area contributed by atoms with E-state index in [0.29, 0.717) is 25.0 Å². The average Bonchev–Trinajstić information content (AvgIpc) is 3.18. The first-order valence-electron chi connectivity index (χ1n) is 8.64. The van der Waals surface area contributed by atoms with Crippen molar-refractivity contribution in [3.63, 3.8) is 0 Å². The fourth-order valence-corrected chi connectivity index (χ4v) is 3.64. The van der Waals surface area contributed by atoms with Crippen LogP contribution in [0.2, 0.25) is 0 Å². The molecule has 2 fully saturated rings. The number of carbonyl (C=O) groups excluding carboxylic acids is 1. The molecule has 2 aliphatic rings. The van der Waals surface area contributed by atoms with Crippen LogP contribution in [-0.2, 0) is 11.3 Å². The highest BCUT2D eigenvalue weighted by Gasteiger charge is 2.46. The molecule has 8 heteroatoms. The van der Waals surface area contributed by atoms with Crippen LogP contribution < -0.4 is 0 Å². The number of aromatic amines is 1. The van der Waals surface area contributed by atoms with E-state index in [4.69, 9.17) is 4.74 Å². The number of hydrogen-bond donors (Lipinski definition) is 1. The second kappa shape index (κ2) is 6.51. The van der Waals surface area contributed by atoms with Crippen LogP contribution in [-0.4, -0.2) is 56.2 Å². The number of amides is 1. The van der Waals surface area contributed by atoms with Crippen molar-refractivity contribution >= 4 is 5.91 Å². The predicted molar refractivity (Wildman–Crippen MR) is 88.7 cm³/mol. The minimum absolute atomic E-state index is 0.107. The van der Waals surface area contributed by atoms with Crippen molar-refractivity contribution in [1.82, 2.24) is 30.0 Å². The lowest BCUT2D eigenvalue weighted by atomic mass is 9.91. The maximum Gasteiger partial charge on any atom is 0.291 e. The Kier molecular flexibility index (Phi) is 4.20. The van der Waals surface area contributed by atoms with E-state index in [1.165, 1.54) is 12.8 Å². The van der Waals surface area contributed by atoms with Gasteiger partial charge in [-0.05, 0) is 37.7 Å². The summed E-state index contributed by atoms with van der Waals surface area (Å²) in [6.45, 7) is 3.61. The van der Waals surface area contributed by atoms with Gasteiger partial charge in [-0.15, -0.1) is 0 Å². The van der Waals surface area contributed by atoms with Gasteiger partial charge in [0.25, 0.3) is 5.91 Å². The number of likely N-dealkylation sites (tertiary alicyclic amines) is 1. The number of aromatic nitrogens is 5. The van der Waals surface area contributed by atoms with Crippen LogP contribution in [0.5, 0.6) is 0 Å². The molecule has 1 aliphatic carbocycles. The molecule has 2 aromatic rings. The van der Waals surface area contributed by atoms with E-state index >= 15 is 0 Å². The smallest absolute Gasteiger partial charge is 0.291 e. The highest BCUT2D eigenvalue weighted by atomic mass is 16.5. The Bertz CT molecular complexity index is 772. The van der Waals surface area contributed by atoms with Crippen molar-refractivity contribution in [3.8, 4) is 0 Å². The number of aryl methyl sites for hydroxylation is 1. The summed E-state index contributed by atoms with van der Waals surface area (Å²) in [5.41, 5.74) is 0.797. The summed E-state index contributed by atoms with van der Waals surface area (Å²) < 4.78 is 5.10. The molecule has 0 aromatic carbocycles. The Hall–Kier alpha value is -2.35. The van der Waals surface area contributed by atoms with Crippen molar-refractivity contribution in [3.05, 3.63) is 35.4 Å². The summed E-state index contributed by atoms with van der Waals surface area (Å²) in [5.74, 6) is 2.88. The van der Waals surface area contributed by atoms with Gasteiger partial charge in [-0.25, -0.2) is 15.0 Å². The first-order chi connectivity index (χ1) is 12.2. The molecule has 0 bridgehead atoms. The molecule has 1 saturated heterocycles. The highest BCUT2D eigenvalue weighted by molar-refractivity contribution is 5.90. The number of rotatable bonds is 5. The molecule has 1 aliphatic heterocycles. The lowest BCUT2D eigenvalue weighted by Gasteiger charge is -2.15. The third-order valence-electron chi connectivity index (χ3n) is 5.03. The number of H-pyrrole nitrogens is 1. The van der Waals surface area contributed by atoms with Gasteiger partial charge in [0.15, 0.2) is 11.6 Å². The third-order valence-corrected chi connectivity index (χ3v) is 5.03. The Morgan fingerprint density at radius 3 is 2.92 bits per heavy atom. The predicted octanol–water partition coefficient (Wildman–Crippen LogP) is 1.32. The fourth-order valence-electron chi connectivity index (χ4n) is 3.64. The zero-order valence-corrected chi connectivity index (χ0v) is 14.5. The monoisotopic (exact) mass is 342 g/mol. The van der Waals surface area contributed by atoms with Gasteiger partial charge in [0.1, 0.15) is 6.61 Å². The van der Waals surface area contributed by atoms with E-state index in [-0.39, 0.29) is 17.6 Å². The van der Waals surface area contributed by atoms with E-state index in [1.807, 2.05) is 11.8 Å². The molecule has 0 spiro atoms. The minimum atomic E-state index is -0.107. The molecule has 1 amide bonds. The summed E-state index contributed by atoms with van der Waals surface area (Å²) in [4.78, 5) is 27.6. The van der Waals surface area contributed by atoms with Gasteiger partial charge in [0.2, 0.25) is 5.82 Å². The number of nitrogens with one attached hydrogen (secondary N) is 1. The maximum absolute atomic E-state index is 12.8. The van der Waals surface area contributed by atoms with Gasteiger partial charge in [-0.2, -0.15) is 5.10 Å². The highest BCUT2D eigenvalue weighted by Crippen LogP contribution is 2.47. The van der Waals surface area contributed by atoms with Crippen molar-refractivity contribution in [1.29, 1.82) is 0 Å². The van der Waals surface area contributed by atoms with Crippen LogP contribution in [0.15, 0.2) is 12.3 Å². The Labute approximate surface area is 146 Å². The number of ether oxygens (including phenoxy) is 1. The average molecular weight is 342 g/mol. The Morgan fingerprint density at radius 1 is 1.36 bits per heavy atom. The van der Waals surface area contributed by atoms with Crippen molar-refractivity contribution in [2.75, 3.05) is 20.2 Å². The van der Waals surface area contributed by atoms with Crippen molar-refractivity contribution in [2.45, 2.75) is 32.3 Å². The minimum Gasteiger partial charge on any atom is -0.377 e. The van der Waals surface area contributed by atoms with Gasteiger partial charge in [0, 0.05) is 38.0 Å². The topological polar surface area (TPSA) is 96.9 Å². The zero-order chi connectivity index (χ0) is 17.4. The zero-order valence-electron chi connectivity index (χ0n) is 14.5. The number of carbonyl (C=O) groups is 1. The molecule has 3 heterocycles. The SMILES string of the molecule is COCc1nc([C@H]2CN(C(=O)c3nccc(C)n3)C[C@@H]2C2CC2)n[nH]1. The maximum atomic E-state index is 12.8. The van der Waals surface area contributed by atoms with Crippen LogP contribution in [0, 0.1) is 18.8 Å². The van der Waals surface area contributed by atoms with Gasteiger partial charge in [0.05, 0.1) is 0 Å². The summed E-state index contributed by atoms with van der Waals surface area (Å²) in [5, 5.41) is 7.30. The van der Waals surface area contributed by atoms with E-state index < -0.39 is 0 Å². The second-order valence-corrected chi connectivity index (χ2v) is 6.91. The number of hydrogen-bond acceptors (Lipinski definition) is 6. The standard InChI is InChI=1S/C17H22N6O2/c1-10-5-6-18-16(19-10)17(24)23-7-12(11-3-4-11)13(8-23)15-20-14(9-25-2)21-22-15/h5-6,11-13H,3-4,7-9H2,1-2H3,(H,20,21,22)/t12-,13+/m1/s1. The number of nitrogens with zero attached hydrogens (tertiary/aromatic N) is 5. The number of methoxy groups -OCH3 is 1.